The van der Waals surface area contributed by atoms with E-state index in [0.29, 0.717) is 0 Å². The molecule has 0 atom stereocenters. The lowest BCUT2D eigenvalue weighted by atomic mass is 9.72. The minimum atomic E-state index is -0.0752. The Morgan fingerprint density at radius 2 is 1.77 bits per heavy atom. The molecule has 0 aromatic heterocycles. The standard InChI is InChI=1S/C11H20FI/c12-10-11(8-4-5-9-13)6-2-1-3-7-11/h1-10H2. The van der Waals surface area contributed by atoms with Gasteiger partial charge in [-0.3, -0.25) is 4.39 Å². The Labute approximate surface area is 94.8 Å². The maximum absolute atomic E-state index is 13.0. The van der Waals surface area contributed by atoms with Gasteiger partial charge in [-0.25, -0.2) is 0 Å². The van der Waals surface area contributed by atoms with Gasteiger partial charge in [0.2, 0.25) is 0 Å². The van der Waals surface area contributed by atoms with Gasteiger partial charge in [-0.2, -0.15) is 0 Å². The summed E-state index contributed by atoms with van der Waals surface area (Å²) in [4.78, 5) is 0. The van der Waals surface area contributed by atoms with Crippen molar-refractivity contribution in [1.82, 2.24) is 0 Å². The van der Waals surface area contributed by atoms with E-state index in [1.807, 2.05) is 0 Å². The Bertz CT molecular complexity index is 130. The number of rotatable bonds is 5. The van der Waals surface area contributed by atoms with Crippen LogP contribution in [0.1, 0.15) is 51.4 Å². The first-order chi connectivity index (χ1) is 6.33. The lowest BCUT2D eigenvalue weighted by molar-refractivity contribution is 0.122. The molecule has 0 saturated heterocycles. The minimum Gasteiger partial charge on any atom is -0.250 e. The highest BCUT2D eigenvalue weighted by molar-refractivity contribution is 14.1. The van der Waals surface area contributed by atoms with E-state index >= 15 is 0 Å². The lowest BCUT2D eigenvalue weighted by Crippen LogP contribution is -2.26. The fourth-order valence-corrected chi connectivity index (χ4v) is 2.89. The Hall–Kier alpha value is 0.660. The second-order valence-corrected chi connectivity index (χ2v) is 5.42. The number of halogens is 2. The van der Waals surface area contributed by atoms with E-state index in [-0.39, 0.29) is 12.1 Å². The van der Waals surface area contributed by atoms with Gasteiger partial charge < -0.3 is 0 Å². The molecule has 0 unspecified atom stereocenters. The first kappa shape index (κ1) is 11.7. The third-order valence-corrected chi connectivity index (χ3v) is 4.05. The van der Waals surface area contributed by atoms with Crippen molar-refractivity contribution in [3.63, 3.8) is 0 Å². The molecule has 0 spiro atoms. The topological polar surface area (TPSA) is 0 Å². The molecule has 0 bridgehead atoms. The Morgan fingerprint density at radius 3 is 2.31 bits per heavy atom. The number of unbranched alkanes of at least 4 members (excludes halogenated alkanes) is 1. The van der Waals surface area contributed by atoms with E-state index < -0.39 is 0 Å². The molecule has 0 aliphatic heterocycles. The average molecular weight is 298 g/mol. The molecule has 1 rings (SSSR count). The zero-order valence-electron chi connectivity index (χ0n) is 8.33. The van der Waals surface area contributed by atoms with Crippen LogP contribution >= 0.6 is 22.6 Å². The molecule has 0 radical (unpaired) electrons. The van der Waals surface area contributed by atoms with Crippen LogP contribution < -0.4 is 0 Å². The summed E-state index contributed by atoms with van der Waals surface area (Å²) in [5.74, 6) is 0. The van der Waals surface area contributed by atoms with Crippen molar-refractivity contribution < 1.29 is 4.39 Å². The summed E-state index contributed by atoms with van der Waals surface area (Å²) < 4.78 is 14.2. The van der Waals surface area contributed by atoms with E-state index in [2.05, 4.69) is 22.6 Å². The van der Waals surface area contributed by atoms with E-state index in [9.17, 15) is 4.39 Å². The Morgan fingerprint density at radius 1 is 1.08 bits per heavy atom. The summed E-state index contributed by atoms with van der Waals surface area (Å²) in [6.07, 6.45) is 9.76. The fourth-order valence-electron chi connectivity index (χ4n) is 2.35. The number of alkyl halides is 2. The van der Waals surface area contributed by atoms with E-state index in [1.54, 1.807) is 0 Å². The summed E-state index contributed by atoms with van der Waals surface area (Å²) in [7, 11) is 0. The van der Waals surface area contributed by atoms with E-state index in [0.717, 1.165) is 19.3 Å². The fraction of sp³-hybridized carbons (Fsp3) is 1.00. The van der Waals surface area contributed by atoms with Crippen molar-refractivity contribution in [1.29, 1.82) is 0 Å². The van der Waals surface area contributed by atoms with Crippen LogP contribution in [0.4, 0.5) is 4.39 Å². The van der Waals surface area contributed by atoms with Gasteiger partial charge in [0.1, 0.15) is 0 Å². The third kappa shape index (κ3) is 3.72. The molecule has 13 heavy (non-hydrogen) atoms. The van der Waals surface area contributed by atoms with Gasteiger partial charge in [-0.15, -0.1) is 0 Å². The molecular weight excluding hydrogens is 278 g/mol. The summed E-state index contributed by atoms with van der Waals surface area (Å²) >= 11 is 2.40. The number of hydrogen-bond acceptors (Lipinski definition) is 0. The molecule has 2 heteroatoms. The molecule has 0 N–H and O–H groups in total. The van der Waals surface area contributed by atoms with Crippen molar-refractivity contribution in [2.24, 2.45) is 5.41 Å². The molecule has 1 aliphatic rings. The molecule has 1 aliphatic carbocycles. The molecule has 0 aromatic carbocycles. The predicted octanol–water partition coefficient (Wildman–Crippen LogP) is 4.51. The van der Waals surface area contributed by atoms with Crippen LogP contribution in [0, 0.1) is 5.41 Å². The summed E-state index contributed by atoms with van der Waals surface area (Å²) in [6, 6.07) is 0. The zero-order chi connectivity index (χ0) is 9.57. The van der Waals surface area contributed by atoms with Crippen LogP contribution in [-0.2, 0) is 0 Å². The molecule has 0 aromatic rings. The van der Waals surface area contributed by atoms with Gasteiger partial charge in [0.15, 0.2) is 0 Å². The number of hydrogen-bond donors (Lipinski definition) is 0. The normalized spacial score (nSPS) is 21.7. The van der Waals surface area contributed by atoms with Crippen molar-refractivity contribution in [3.05, 3.63) is 0 Å². The second-order valence-electron chi connectivity index (χ2n) is 4.34. The van der Waals surface area contributed by atoms with Crippen molar-refractivity contribution >= 4 is 22.6 Å². The maximum Gasteiger partial charge on any atom is 0.0950 e. The smallest absolute Gasteiger partial charge is 0.0950 e. The largest absolute Gasteiger partial charge is 0.250 e. The molecule has 0 nitrogen and oxygen atoms in total. The summed E-state index contributed by atoms with van der Waals surface area (Å²) in [6.45, 7) is -0.0752. The average Bonchev–Trinajstić information content (AvgIpc) is 2.20. The van der Waals surface area contributed by atoms with Gasteiger partial charge in [0.25, 0.3) is 0 Å². The van der Waals surface area contributed by atoms with Crippen LogP contribution in [0.3, 0.4) is 0 Å². The zero-order valence-corrected chi connectivity index (χ0v) is 10.5. The second kappa shape index (κ2) is 6.20. The van der Waals surface area contributed by atoms with Gasteiger partial charge in [-0.05, 0) is 35.5 Å². The Kier molecular flexibility index (Phi) is 5.60. The van der Waals surface area contributed by atoms with Crippen LogP contribution in [0.25, 0.3) is 0 Å². The molecule has 0 heterocycles. The van der Waals surface area contributed by atoms with Crippen molar-refractivity contribution in [3.8, 4) is 0 Å². The highest BCUT2D eigenvalue weighted by Gasteiger charge is 2.31. The monoisotopic (exact) mass is 298 g/mol. The van der Waals surface area contributed by atoms with Crippen LogP contribution in [0.2, 0.25) is 0 Å². The van der Waals surface area contributed by atoms with Crippen LogP contribution in [0.5, 0.6) is 0 Å². The minimum absolute atomic E-state index is 0.0752. The van der Waals surface area contributed by atoms with Crippen LogP contribution in [0.15, 0.2) is 0 Å². The molecular formula is C11H20FI. The van der Waals surface area contributed by atoms with Gasteiger partial charge in [0, 0.05) is 0 Å². The van der Waals surface area contributed by atoms with E-state index in [1.165, 1.54) is 36.5 Å². The maximum atomic E-state index is 13.0. The van der Waals surface area contributed by atoms with Gasteiger partial charge in [-0.1, -0.05) is 48.3 Å². The highest BCUT2D eigenvalue weighted by atomic mass is 127. The summed E-state index contributed by atoms with van der Waals surface area (Å²) in [5, 5.41) is 0. The first-order valence-corrected chi connectivity index (χ1v) is 6.97. The predicted molar refractivity (Wildman–Crippen MR) is 64.2 cm³/mol. The van der Waals surface area contributed by atoms with Gasteiger partial charge >= 0.3 is 0 Å². The lowest BCUT2D eigenvalue weighted by Gasteiger charge is -2.34. The van der Waals surface area contributed by atoms with Crippen molar-refractivity contribution in [2.75, 3.05) is 11.1 Å². The van der Waals surface area contributed by atoms with Gasteiger partial charge in [0.05, 0.1) is 6.67 Å². The molecule has 1 saturated carbocycles. The first-order valence-electron chi connectivity index (χ1n) is 5.45. The highest BCUT2D eigenvalue weighted by Crippen LogP contribution is 2.40. The summed E-state index contributed by atoms with van der Waals surface area (Å²) in [5.41, 5.74) is 0.101. The molecule has 0 amide bonds. The Balaban J connectivity index is 2.29. The quantitative estimate of drug-likeness (QED) is 0.398. The molecule has 1 fully saturated rings. The van der Waals surface area contributed by atoms with E-state index in [4.69, 9.17) is 0 Å². The molecule has 78 valence electrons. The third-order valence-electron chi connectivity index (χ3n) is 3.29. The van der Waals surface area contributed by atoms with Crippen molar-refractivity contribution in [2.45, 2.75) is 51.4 Å². The SMILES string of the molecule is FCC1(CCCCI)CCCCC1. The van der Waals surface area contributed by atoms with Crippen LogP contribution in [-0.4, -0.2) is 11.1 Å².